The summed E-state index contributed by atoms with van der Waals surface area (Å²) in [6.45, 7) is 1.69. The molecule has 0 spiro atoms. The van der Waals surface area contributed by atoms with Gasteiger partial charge in [-0.3, -0.25) is 19.2 Å². The number of amides is 3. The van der Waals surface area contributed by atoms with Gasteiger partial charge < -0.3 is 42.7 Å². The molecule has 0 aliphatic carbocycles. The molecule has 0 aliphatic heterocycles. The van der Waals surface area contributed by atoms with Crippen molar-refractivity contribution in [2.24, 2.45) is 11.5 Å². The minimum atomic E-state index is -1.48. The Kier molecular flexibility index (Phi) is 13.8. The Morgan fingerprint density at radius 1 is 0.838 bits per heavy atom. The summed E-state index contributed by atoms with van der Waals surface area (Å²) in [5.41, 5.74) is 11.9. The first-order valence-electron chi connectivity index (χ1n) is 12.0. The predicted molar refractivity (Wildman–Crippen MR) is 133 cm³/mol. The van der Waals surface area contributed by atoms with Crippen LogP contribution in [-0.2, 0) is 30.4 Å². The maximum atomic E-state index is 13.2. The van der Waals surface area contributed by atoms with Gasteiger partial charge in [-0.25, -0.2) is 4.79 Å². The number of hydrogen-bond donors (Lipinski definition) is 8. The molecule has 3 amide bonds. The lowest BCUT2D eigenvalue weighted by Crippen LogP contribution is -2.58. The van der Waals surface area contributed by atoms with E-state index in [0.29, 0.717) is 24.9 Å². The highest BCUT2D eigenvalue weighted by molar-refractivity contribution is 5.94. The Balaban J connectivity index is 3.12. The van der Waals surface area contributed by atoms with E-state index in [1.165, 1.54) is 6.92 Å². The molecule has 0 aliphatic rings. The quantitative estimate of drug-likeness (QED) is 0.110. The summed E-state index contributed by atoms with van der Waals surface area (Å²) in [5.74, 6) is -4.94. The number of nitrogens with one attached hydrogen (secondary N) is 3. The zero-order valence-electron chi connectivity index (χ0n) is 20.8. The zero-order chi connectivity index (χ0) is 28.0. The van der Waals surface area contributed by atoms with Gasteiger partial charge in [-0.05, 0) is 44.7 Å². The third kappa shape index (κ3) is 11.8. The van der Waals surface area contributed by atoms with Crippen molar-refractivity contribution in [2.45, 2.75) is 75.7 Å². The number of carbonyl (C=O) groups is 5. The van der Waals surface area contributed by atoms with Crippen molar-refractivity contribution in [1.82, 2.24) is 16.0 Å². The van der Waals surface area contributed by atoms with Crippen LogP contribution in [0.2, 0.25) is 0 Å². The summed E-state index contributed by atoms with van der Waals surface area (Å²) >= 11 is 0. The summed E-state index contributed by atoms with van der Waals surface area (Å²) < 4.78 is 0. The number of aliphatic hydroxyl groups is 1. The van der Waals surface area contributed by atoms with E-state index in [9.17, 15) is 34.2 Å². The lowest BCUT2D eigenvalue weighted by Gasteiger charge is -2.25. The fraction of sp³-hybridized carbons (Fsp3) is 0.542. The van der Waals surface area contributed by atoms with E-state index >= 15 is 0 Å². The minimum absolute atomic E-state index is 0.000335. The molecule has 206 valence electrons. The maximum absolute atomic E-state index is 13.2. The second-order valence-corrected chi connectivity index (χ2v) is 8.69. The molecule has 0 bridgehead atoms. The number of unbranched alkanes of at least 4 members (excludes halogenated alkanes) is 1. The van der Waals surface area contributed by atoms with Gasteiger partial charge in [-0.2, -0.15) is 0 Å². The van der Waals surface area contributed by atoms with E-state index in [4.69, 9.17) is 16.6 Å². The summed E-state index contributed by atoms with van der Waals surface area (Å²) in [7, 11) is 0. The van der Waals surface area contributed by atoms with Gasteiger partial charge in [0.1, 0.15) is 24.2 Å². The number of aliphatic carboxylic acids is 2. The zero-order valence-corrected chi connectivity index (χ0v) is 20.8. The topological polar surface area (TPSA) is 234 Å². The SMILES string of the molecule is CC(O)C(N)C(=O)NC(CCCCN)C(=O)NC(Cc1ccccc1)C(=O)NC(CCC(=O)O)C(=O)O. The van der Waals surface area contributed by atoms with E-state index in [1.54, 1.807) is 30.3 Å². The summed E-state index contributed by atoms with van der Waals surface area (Å²) in [6, 6.07) is 3.55. The fourth-order valence-electron chi connectivity index (χ4n) is 3.38. The van der Waals surface area contributed by atoms with Crippen LogP contribution in [0.5, 0.6) is 0 Å². The van der Waals surface area contributed by atoms with Crippen LogP contribution in [0.4, 0.5) is 0 Å². The summed E-state index contributed by atoms with van der Waals surface area (Å²) in [4.78, 5) is 61.0. The number of hydrogen-bond acceptors (Lipinski definition) is 8. The van der Waals surface area contributed by atoms with E-state index in [-0.39, 0.29) is 19.3 Å². The number of carbonyl (C=O) groups excluding carboxylic acids is 3. The van der Waals surface area contributed by atoms with Crippen LogP contribution in [0.15, 0.2) is 30.3 Å². The fourth-order valence-corrected chi connectivity index (χ4v) is 3.38. The molecule has 0 aromatic heterocycles. The summed E-state index contributed by atoms with van der Waals surface area (Å²) in [5, 5.41) is 35.2. The van der Waals surface area contributed by atoms with Crippen LogP contribution < -0.4 is 27.4 Å². The molecule has 10 N–H and O–H groups in total. The third-order valence-electron chi connectivity index (χ3n) is 5.58. The molecule has 1 aromatic carbocycles. The van der Waals surface area contributed by atoms with E-state index in [1.807, 2.05) is 0 Å². The monoisotopic (exact) mass is 523 g/mol. The van der Waals surface area contributed by atoms with Gasteiger partial charge in [0.05, 0.1) is 6.10 Å². The Labute approximate surface area is 215 Å². The molecule has 0 fully saturated rings. The van der Waals surface area contributed by atoms with Crippen molar-refractivity contribution in [3.8, 4) is 0 Å². The molecule has 13 heteroatoms. The highest BCUT2D eigenvalue weighted by atomic mass is 16.4. The molecule has 1 aromatic rings. The Hall–Kier alpha value is -3.55. The average Bonchev–Trinajstić information content (AvgIpc) is 2.85. The number of carboxylic acids is 2. The number of benzene rings is 1. The van der Waals surface area contributed by atoms with Crippen molar-refractivity contribution in [2.75, 3.05) is 6.54 Å². The number of rotatable bonds is 17. The largest absolute Gasteiger partial charge is 0.481 e. The highest BCUT2D eigenvalue weighted by Crippen LogP contribution is 2.08. The lowest BCUT2D eigenvalue weighted by molar-refractivity contribution is -0.143. The molecule has 5 unspecified atom stereocenters. The van der Waals surface area contributed by atoms with Gasteiger partial charge in [0.2, 0.25) is 17.7 Å². The van der Waals surface area contributed by atoms with E-state index in [2.05, 4.69) is 16.0 Å². The molecular formula is C24H37N5O8. The van der Waals surface area contributed by atoms with Crippen LogP contribution in [0.25, 0.3) is 0 Å². The smallest absolute Gasteiger partial charge is 0.326 e. The molecule has 0 heterocycles. The first-order valence-corrected chi connectivity index (χ1v) is 12.0. The van der Waals surface area contributed by atoms with Crippen molar-refractivity contribution >= 4 is 29.7 Å². The second kappa shape index (κ2) is 16.2. The Morgan fingerprint density at radius 3 is 1.95 bits per heavy atom. The number of nitrogens with two attached hydrogens (primary N) is 2. The van der Waals surface area contributed by atoms with Crippen LogP contribution >= 0.6 is 0 Å². The Bertz CT molecular complexity index is 912. The molecule has 0 saturated heterocycles. The first kappa shape index (κ1) is 31.5. The van der Waals surface area contributed by atoms with E-state index in [0.717, 1.165) is 0 Å². The molecule has 1 rings (SSSR count). The van der Waals surface area contributed by atoms with Gasteiger partial charge >= 0.3 is 11.9 Å². The van der Waals surface area contributed by atoms with Crippen molar-refractivity contribution < 1.29 is 39.3 Å². The van der Waals surface area contributed by atoms with Crippen LogP contribution in [-0.4, -0.2) is 81.8 Å². The normalized spacial score (nSPS) is 14.9. The van der Waals surface area contributed by atoms with Gasteiger partial charge in [-0.15, -0.1) is 0 Å². The van der Waals surface area contributed by atoms with Crippen LogP contribution in [0, 0.1) is 0 Å². The molecule has 0 radical (unpaired) electrons. The van der Waals surface area contributed by atoms with Crippen molar-refractivity contribution in [3.05, 3.63) is 35.9 Å². The molecular weight excluding hydrogens is 486 g/mol. The van der Waals surface area contributed by atoms with Gasteiger partial charge in [-0.1, -0.05) is 30.3 Å². The first-order chi connectivity index (χ1) is 17.5. The molecule has 0 saturated carbocycles. The van der Waals surface area contributed by atoms with Crippen molar-refractivity contribution in [1.29, 1.82) is 0 Å². The average molecular weight is 524 g/mol. The van der Waals surface area contributed by atoms with Gasteiger partial charge in [0.25, 0.3) is 0 Å². The maximum Gasteiger partial charge on any atom is 0.326 e. The van der Waals surface area contributed by atoms with Gasteiger partial charge in [0, 0.05) is 12.8 Å². The second-order valence-electron chi connectivity index (χ2n) is 8.69. The molecule has 37 heavy (non-hydrogen) atoms. The Morgan fingerprint density at radius 2 is 1.41 bits per heavy atom. The van der Waals surface area contributed by atoms with Gasteiger partial charge in [0.15, 0.2) is 0 Å². The predicted octanol–water partition coefficient (Wildman–Crippen LogP) is -1.53. The van der Waals surface area contributed by atoms with Crippen molar-refractivity contribution in [3.63, 3.8) is 0 Å². The van der Waals surface area contributed by atoms with E-state index < -0.39 is 66.4 Å². The third-order valence-corrected chi connectivity index (χ3v) is 5.58. The molecule has 5 atom stereocenters. The number of carboxylic acid groups (broad SMARTS) is 2. The van der Waals surface area contributed by atoms with Crippen LogP contribution in [0.3, 0.4) is 0 Å². The van der Waals surface area contributed by atoms with Crippen LogP contribution in [0.1, 0.15) is 44.6 Å². The molecule has 13 nitrogen and oxygen atoms in total. The summed E-state index contributed by atoms with van der Waals surface area (Å²) in [6.07, 6.45) is -0.770. The highest BCUT2D eigenvalue weighted by Gasteiger charge is 2.31. The number of aliphatic hydroxyl groups excluding tert-OH is 1. The minimum Gasteiger partial charge on any atom is -0.481 e. The lowest BCUT2D eigenvalue weighted by atomic mass is 10.0. The standard InChI is InChI=1S/C24H37N5O8/c1-14(30)20(26)23(35)27-16(9-5-6-12-25)21(33)29-18(13-15-7-3-2-4-8-15)22(34)28-17(24(36)37)10-11-19(31)32/h2-4,7-8,14,16-18,20,30H,5-6,9-13,25-26H2,1H3,(H,27,35)(H,28,34)(H,29,33)(H,31,32)(H,36,37).